The summed E-state index contributed by atoms with van der Waals surface area (Å²) < 4.78 is 25.5. The van der Waals surface area contributed by atoms with Gasteiger partial charge < -0.3 is 0 Å². The van der Waals surface area contributed by atoms with Gasteiger partial charge in [-0.1, -0.05) is 32.4 Å². The molecule has 0 atom stereocenters. The normalized spacial score (nSPS) is 11.8. The van der Waals surface area contributed by atoms with Crippen LogP contribution in [0.2, 0.25) is 5.02 Å². The van der Waals surface area contributed by atoms with Gasteiger partial charge in [0.2, 0.25) is 0 Å². The van der Waals surface area contributed by atoms with Crippen LogP contribution in [-0.2, 0) is 5.41 Å². The molecule has 1 rings (SSSR count). The van der Waals surface area contributed by atoms with E-state index in [2.05, 4.69) is 0 Å². The molecule has 0 saturated heterocycles. The lowest BCUT2D eigenvalue weighted by atomic mass is 9.87. The van der Waals surface area contributed by atoms with Crippen LogP contribution in [0, 0.1) is 11.6 Å². The summed E-state index contributed by atoms with van der Waals surface area (Å²) in [6.45, 7) is 5.68. The first-order valence-electron chi connectivity index (χ1n) is 3.97. The summed E-state index contributed by atoms with van der Waals surface area (Å²) in [5, 5.41) is 0.270. The molecule has 1 aromatic carbocycles. The average molecular weight is 205 g/mol. The van der Waals surface area contributed by atoms with Gasteiger partial charge in [-0.25, -0.2) is 8.78 Å². The lowest BCUT2D eigenvalue weighted by molar-refractivity contribution is 0.499. The van der Waals surface area contributed by atoms with Crippen molar-refractivity contribution in [1.82, 2.24) is 0 Å². The highest BCUT2D eigenvalue weighted by Gasteiger charge is 2.19. The summed E-state index contributed by atoms with van der Waals surface area (Å²) in [4.78, 5) is 0. The van der Waals surface area contributed by atoms with Crippen molar-refractivity contribution in [2.75, 3.05) is 0 Å². The average Bonchev–Trinajstić information content (AvgIpc) is 1.94. The lowest BCUT2D eigenvalue weighted by Gasteiger charge is -2.20. The molecular weight excluding hydrogens is 194 g/mol. The van der Waals surface area contributed by atoms with Crippen molar-refractivity contribution in [3.63, 3.8) is 0 Å². The van der Waals surface area contributed by atoms with Gasteiger partial charge in [0.15, 0.2) is 11.6 Å². The summed E-state index contributed by atoms with van der Waals surface area (Å²) in [6.07, 6.45) is 0. The third-order valence-electron chi connectivity index (χ3n) is 1.82. The molecule has 0 unspecified atom stereocenters. The molecule has 0 nitrogen and oxygen atoms in total. The molecule has 0 saturated carbocycles. The van der Waals surface area contributed by atoms with E-state index >= 15 is 0 Å². The minimum absolute atomic E-state index is 0.270. The maximum atomic E-state index is 12.9. The standard InChI is InChI=1S/C10H11ClF2/c1-10(2,3)6-4-8(12)9(13)5-7(6)11/h4-5H,1-3H3. The number of benzene rings is 1. The number of hydrogen-bond acceptors (Lipinski definition) is 0. The zero-order valence-corrected chi connectivity index (χ0v) is 8.54. The maximum Gasteiger partial charge on any atom is 0.160 e. The highest BCUT2D eigenvalue weighted by atomic mass is 35.5. The van der Waals surface area contributed by atoms with Crippen molar-refractivity contribution in [3.8, 4) is 0 Å². The van der Waals surface area contributed by atoms with E-state index in [1.165, 1.54) is 0 Å². The van der Waals surface area contributed by atoms with Crippen LogP contribution in [0.1, 0.15) is 26.3 Å². The Balaban J connectivity index is 3.32. The summed E-state index contributed by atoms with van der Waals surface area (Å²) in [5.41, 5.74) is 0.346. The molecule has 13 heavy (non-hydrogen) atoms. The highest BCUT2D eigenvalue weighted by molar-refractivity contribution is 6.31. The first-order valence-corrected chi connectivity index (χ1v) is 4.35. The van der Waals surface area contributed by atoms with Gasteiger partial charge in [0.05, 0.1) is 0 Å². The molecule has 0 heterocycles. The van der Waals surface area contributed by atoms with E-state index in [0.29, 0.717) is 5.56 Å². The number of hydrogen-bond donors (Lipinski definition) is 0. The molecule has 0 aliphatic carbocycles. The van der Waals surface area contributed by atoms with Crippen LogP contribution >= 0.6 is 11.6 Å². The van der Waals surface area contributed by atoms with Gasteiger partial charge in [-0.05, 0) is 23.1 Å². The van der Waals surface area contributed by atoms with E-state index in [1.807, 2.05) is 20.8 Å². The van der Waals surface area contributed by atoms with Gasteiger partial charge in [-0.3, -0.25) is 0 Å². The summed E-state index contributed by atoms with van der Waals surface area (Å²) >= 11 is 5.78. The van der Waals surface area contributed by atoms with Crippen molar-refractivity contribution in [1.29, 1.82) is 0 Å². The SMILES string of the molecule is CC(C)(C)c1cc(F)c(F)cc1Cl. The van der Waals surface area contributed by atoms with Crippen LogP contribution in [0.5, 0.6) is 0 Å². The second-order valence-electron chi connectivity index (χ2n) is 4.00. The zero-order chi connectivity index (χ0) is 10.2. The van der Waals surface area contributed by atoms with Crippen LogP contribution in [0.25, 0.3) is 0 Å². The molecule has 0 aliphatic heterocycles. The van der Waals surface area contributed by atoms with E-state index in [-0.39, 0.29) is 10.4 Å². The molecule has 1 aromatic rings. The third-order valence-corrected chi connectivity index (χ3v) is 2.13. The topological polar surface area (TPSA) is 0 Å². The Morgan fingerprint density at radius 2 is 1.54 bits per heavy atom. The van der Waals surface area contributed by atoms with Crippen molar-refractivity contribution in [2.45, 2.75) is 26.2 Å². The molecule has 0 fully saturated rings. The fourth-order valence-electron chi connectivity index (χ4n) is 1.10. The Kier molecular flexibility index (Phi) is 2.62. The first-order chi connectivity index (χ1) is 5.82. The van der Waals surface area contributed by atoms with E-state index < -0.39 is 11.6 Å². The van der Waals surface area contributed by atoms with Crippen LogP contribution in [0.15, 0.2) is 12.1 Å². The Labute approximate surface area is 81.5 Å². The maximum absolute atomic E-state index is 12.9. The molecule has 0 bridgehead atoms. The van der Waals surface area contributed by atoms with E-state index in [1.54, 1.807) is 0 Å². The second kappa shape index (κ2) is 3.26. The van der Waals surface area contributed by atoms with Gasteiger partial charge >= 0.3 is 0 Å². The number of rotatable bonds is 0. The first kappa shape index (κ1) is 10.5. The minimum Gasteiger partial charge on any atom is -0.204 e. The van der Waals surface area contributed by atoms with Gasteiger partial charge in [0.25, 0.3) is 0 Å². The fraction of sp³-hybridized carbons (Fsp3) is 0.400. The van der Waals surface area contributed by atoms with Crippen LogP contribution in [0.3, 0.4) is 0 Å². The monoisotopic (exact) mass is 204 g/mol. The Morgan fingerprint density at radius 3 is 2.00 bits per heavy atom. The zero-order valence-electron chi connectivity index (χ0n) is 7.79. The van der Waals surface area contributed by atoms with Crippen LogP contribution in [-0.4, -0.2) is 0 Å². The lowest BCUT2D eigenvalue weighted by Crippen LogP contribution is -2.12. The minimum atomic E-state index is -0.905. The molecular formula is C10H11ClF2. The second-order valence-corrected chi connectivity index (χ2v) is 4.40. The molecule has 72 valence electrons. The molecule has 0 spiro atoms. The van der Waals surface area contributed by atoms with E-state index in [9.17, 15) is 8.78 Å². The molecule has 0 aromatic heterocycles. The predicted octanol–water partition coefficient (Wildman–Crippen LogP) is 3.92. The van der Waals surface area contributed by atoms with Crippen molar-refractivity contribution < 1.29 is 8.78 Å². The predicted molar refractivity (Wildman–Crippen MR) is 50.1 cm³/mol. The quantitative estimate of drug-likeness (QED) is 0.562. The van der Waals surface area contributed by atoms with Gasteiger partial charge in [-0.2, -0.15) is 0 Å². The van der Waals surface area contributed by atoms with Crippen molar-refractivity contribution in [2.24, 2.45) is 0 Å². The van der Waals surface area contributed by atoms with Crippen LogP contribution in [0.4, 0.5) is 8.78 Å². The Hall–Kier alpha value is -0.630. The van der Waals surface area contributed by atoms with Crippen LogP contribution < -0.4 is 0 Å². The highest BCUT2D eigenvalue weighted by Crippen LogP contribution is 2.30. The molecule has 0 N–H and O–H groups in total. The van der Waals surface area contributed by atoms with Crippen molar-refractivity contribution >= 4 is 11.6 Å². The molecule has 0 radical (unpaired) electrons. The fourth-order valence-corrected chi connectivity index (χ4v) is 1.53. The molecule has 3 heteroatoms. The van der Waals surface area contributed by atoms with Gasteiger partial charge in [0.1, 0.15) is 0 Å². The largest absolute Gasteiger partial charge is 0.204 e. The van der Waals surface area contributed by atoms with Crippen molar-refractivity contribution in [3.05, 3.63) is 34.4 Å². The summed E-state index contributed by atoms with van der Waals surface area (Å²) in [5.74, 6) is -1.76. The molecule has 0 amide bonds. The third kappa shape index (κ3) is 2.19. The number of halogens is 3. The molecule has 0 aliphatic rings. The smallest absolute Gasteiger partial charge is 0.160 e. The Bertz CT molecular complexity index is 326. The van der Waals surface area contributed by atoms with E-state index in [0.717, 1.165) is 12.1 Å². The Morgan fingerprint density at radius 1 is 1.08 bits per heavy atom. The van der Waals surface area contributed by atoms with Gasteiger partial charge in [0, 0.05) is 5.02 Å². The van der Waals surface area contributed by atoms with Gasteiger partial charge in [-0.15, -0.1) is 0 Å². The summed E-state index contributed by atoms with van der Waals surface area (Å²) in [6, 6.07) is 2.16. The summed E-state index contributed by atoms with van der Waals surface area (Å²) in [7, 11) is 0. The van der Waals surface area contributed by atoms with E-state index in [4.69, 9.17) is 11.6 Å².